The first-order valence-electron chi connectivity index (χ1n) is 7.79. The van der Waals surface area contributed by atoms with Gasteiger partial charge >= 0.3 is 12.1 Å². The van der Waals surface area contributed by atoms with E-state index in [9.17, 15) is 26.4 Å². The average molecular weight is 409 g/mol. The molecule has 2 saturated heterocycles. The van der Waals surface area contributed by atoms with Gasteiger partial charge in [-0.2, -0.15) is 13.2 Å². The summed E-state index contributed by atoms with van der Waals surface area (Å²) in [5.41, 5.74) is 0.543. The van der Waals surface area contributed by atoms with Crippen molar-refractivity contribution in [3.63, 3.8) is 0 Å². The van der Waals surface area contributed by atoms with Gasteiger partial charge in [0, 0.05) is 44.0 Å². The van der Waals surface area contributed by atoms with Gasteiger partial charge in [-0.1, -0.05) is 0 Å². The van der Waals surface area contributed by atoms with E-state index in [4.69, 9.17) is 9.90 Å². The molecule has 2 aliphatic rings. The number of amides is 1. The zero-order chi connectivity index (χ0) is 20.5. The number of carboxylic acids is 1. The van der Waals surface area contributed by atoms with Gasteiger partial charge in [0.05, 0.1) is 11.8 Å². The lowest BCUT2D eigenvalue weighted by molar-refractivity contribution is -0.192. The van der Waals surface area contributed by atoms with E-state index < -0.39 is 22.2 Å². The molecule has 3 rings (SSSR count). The van der Waals surface area contributed by atoms with Crippen LogP contribution in [0.2, 0.25) is 0 Å². The number of rotatable bonds is 2. The summed E-state index contributed by atoms with van der Waals surface area (Å²) < 4.78 is 56.3. The lowest BCUT2D eigenvalue weighted by Gasteiger charge is -2.48. The molecule has 0 aromatic carbocycles. The first kappa shape index (κ1) is 21.1. The SMILES string of the molecule is CS(=O)(=O)N1CCC2(CN(C(=O)c3cccnc3)C2)C1.O=C(O)C(F)(F)F. The van der Waals surface area contributed by atoms with Crippen LogP contribution in [0.5, 0.6) is 0 Å². The van der Waals surface area contributed by atoms with Crippen molar-refractivity contribution < 1.29 is 36.3 Å². The minimum atomic E-state index is -5.08. The molecule has 8 nitrogen and oxygen atoms in total. The first-order chi connectivity index (χ1) is 12.3. The highest BCUT2D eigenvalue weighted by atomic mass is 32.2. The zero-order valence-corrected chi connectivity index (χ0v) is 15.1. The maximum atomic E-state index is 12.2. The number of pyridine rings is 1. The summed E-state index contributed by atoms with van der Waals surface area (Å²) >= 11 is 0. The van der Waals surface area contributed by atoms with Crippen LogP contribution in [0.4, 0.5) is 13.2 Å². The summed E-state index contributed by atoms with van der Waals surface area (Å²) in [6.07, 6.45) is 0.181. The van der Waals surface area contributed by atoms with Crippen LogP contribution in [0.3, 0.4) is 0 Å². The number of carbonyl (C=O) groups excluding carboxylic acids is 1. The molecule has 1 N–H and O–H groups in total. The molecule has 0 bridgehead atoms. The summed E-state index contributed by atoms with van der Waals surface area (Å²) in [6, 6.07) is 3.49. The molecular weight excluding hydrogens is 391 g/mol. The molecule has 1 amide bonds. The lowest BCUT2D eigenvalue weighted by Crippen LogP contribution is -2.59. The van der Waals surface area contributed by atoms with Gasteiger partial charge in [0.1, 0.15) is 0 Å². The Balaban J connectivity index is 0.000000321. The molecule has 0 atom stereocenters. The molecule has 1 aromatic heterocycles. The molecule has 2 fully saturated rings. The van der Waals surface area contributed by atoms with Crippen molar-refractivity contribution in [2.75, 3.05) is 32.4 Å². The van der Waals surface area contributed by atoms with Crippen LogP contribution in [-0.2, 0) is 14.8 Å². The number of halogens is 3. The predicted molar refractivity (Wildman–Crippen MR) is 87.3 cm³/mol. The largest absolute Gasteiger partial charge is 0.490 e. The quantitative estimate of drug-likeness (QED) is 0.775. The molecule has 12 heteroatoms. The fraction of sp³-hybridized carbons (Fsp3) is 0.533. The predicted octanol–water partition coefficient (Wildman–Crippen LogP) is 0.822. The fourth-order valence-corrected chi connectivity index (χ4v) is 3.95. The van der Waals surface area contributed by atoms with Crippen LogP contribution in [0, 0.1) is 5.41 Å². The molecule has 0 aliphatic carbocycles. The van der Waals surface area contributed by atoms with Gasteiger partial charge in [0.2, 0.25) is 10.0 Å². The van der Waals surface area contributed by atoms with Crippen molar-refractivity contribution in [2.24, 2.45) is 5.41 Å². The van der Waals surface area contributed by atoms with Gasteiger partial charge in [-0.25, -0.2) is 17.5 Å². The number of carboxylic acid groups (broad SMARTS) is 1. The lowest BCUT2D eigenvalue weighted by atomic mass is 9.79. The molecule has 3 heterocycles. The van der Waals surface area contributed by atoms with Crippen LogP contribution < -0.4 is 0 Å². The van der Waals surface area contributed by atoms with E-state index in [0.29, 0.717) is 31.7 Å². The second-order valence-electron chi connectivity index (χ2n) is 6.55. The van der Waals surface area contributed by atoms with Crippen molar-refractivity contribution in [2.45, 2.75) is 12.6 Å². The monoisotopic (exact) mass is 409 g/mol. The van der Waals surface area contributed by atoms with Crippen molar-refractivity contribution in [1.82, 2.24) is 14.2 Å². The highest BCUT2D eigenvalue weighted by Crippen LogP contribution is 2.40. The maximum absolute atomic E-state index is 12.2. The summed E-state index contributed by atoms with van der Waals surface area (Å²) in [4.78, 5) is 26.8. The first-order valence-corrected chi connectivity index (χ1v) is 9.63. The number of likely N-dealkylation sites (tertiary alicyclic amines) is 1. The second-order valence-corrected chi connectivity index (χ2v) is 8.53. The van der Waals surface area contributed by atoms with Crippen molar-refractivity contribution in [3.8, 4) is 0 Å². The minimum absolute atomic E-state index is 0.0264. The van der Waals surface area contributed by atoms with E-state index in [1.165, 1.54) is 10.6 Å². The van der Waals surface area contributed by atoms with E-state index in [1.54, 1.807) is 29.4 Å². The third kappa shape index (κ3) is 5.16. The third-order valence-corrected chi connectivity index (χ3v) is 5.61. The number of carbonyl (C=O) groups is 2. The van der Waals surface area contributed by atoms with E-state index in [1.807, 2.05) is 0 Å². The fourth-order valence-electron chi connectivity index (χ4n) is 3.01. The second kappa shape index (κ2) is 7.43. The number of hydrogen-bond donors (Lipinski definition) is 1. The van der Waals surface area contributed by atoms with Crippen LogP contribution in [0.1, 0.15) is 16.8 Å². The van der Waals surface area contributed by atoms with Gasteiger partial charge < -0.3 is 10.0 Å². The molecule has 0 radical (unpaired) electrons. The summed E-state index contributed by atoms with van der Waals surface area (Å²) in [5, 5.41) is 7.12. The van der Waals surface area contributed by atoms with Gasteiger partial charge in [0.25, 0.3) is 5.91 Å². The smallest absolute Gasteiger partial charge is 0.475 e. The third-order valence-electron chi connectivity index (χ3n) is 4.36. The molecule has 2 aliphatic heterocycles. The Bertz CT molecular complexity index is 808. The number of hydrogen-bond acceptors (Lipinski definition) is 5. The van der Waals surface area contributed by atoms with Gasteiger partial charge in [-0.15, -0.1) is 0 Å². The molecule has 0 saturated carbocycles. The number of sulfonamides is 1. The Kier molecular flexibility index (Phi) is 5.80. The number of alkyl halides is 3. The molecule has 27 heavy (non-hydrogen) atoms. The number of aromatic nitrogens is 1. The Morgan fingerprint density at radius 1 is 1.26 bits per heavy atom. The Labute approximate surface area is 153 Å². The molecular formula is C15H18F3N3O5S. The van der Waals surface area contributed by atoms with E-state index in [0.717, 1.165) is 6.42 Å². The zero-order valence-electron chi connectivity index (χ0n) is 14.3. The summed E-state index contributed by atoms with van der Waals surface area (Å²) in [6.45, 7) is 2.36. The van der Waals surface area contributed by atoms with Crippen molar-refractivity contribution in [1.29, 1.82) is 0 Å². The Morgan fingerprint density at radius 2 is 1.85 bits per heavy atom. The van der Waals surface area contributed by atoms with Crippen LogP contribution in [-0.4, -0.2) is 78.2 Å². The van der Waals surface area contributed by atoms with Gasteiger partial charge in [-0.3, -0.25) is 9.78 Å². The highest BCUT2D eigenvalue weighted by molar-refractivity contribution is 7.88. The Morgan fingerprint density at radius 3 is 2.26 bits per heavy atom. The molecule has 1 spiro atoms. The van der Waals surface area contributed by atoms with E-state index in [2.05, 4.69) is 4.98 Å². The average Bonchev–Trinajstić information content (AvgIpc) is 2.99. The highest BCUT2D eigenvalue weighted by Gasteiger charge is 2.51. The van der Waals surface area contributed by atoms with E-state index >= 15 is 0 Å². The normalized spacial score (nSPS) is 19.2. The maximum Gasteiger partial charge on any atom is 0.490 e. The molecule has 150 valence electrons. The van der Waals surface area contributed by atoms with Crippen molar-refractivity contribution in [3.05, 3.63) is 30.1 Å². The molecule has 0 unspecified atom stereocenters. The number of aliphatic carboxylic acids is 1. The summed E-state index contributed by atoms with van der Waals surface area (Å²) in [7, 11) is -3.12. The van der Waals surface area contributed by atoms with Gasteiger partial charge in [0.15, 0.2) is 0 Å². The number of nitrogens with zero attached hydrogens (tertiary/aromatic N) is 3. The van der Waals surface area contributed by atoms with Crippen molar-refractivity contribution >= 4 is 21.9 Å². The minimum Gasteiger partial charge on any atom is -0.475 e. The van der Waals surface area contributed by atoms with Crippen LogP contribution in [0.15, 0.2) is 24.5 Å². The topological polar surface area (TPSA) is 108 Å². The van der Waals surface area contributed by atoms with E-state index in [-0.39, 0.29) is 11.3 Å². The molecule has 1 aromatic rings. The van der Waals surface area contributed by atoms with Crippen LogP contribution in [0.25, 0.3) is 0 Å². The van der Waals surface area contributed by atoms with Crippen LogP contribution >= 0.6 is 0 Å². The Hall–Kier alpha value is -2.21. The summed E-state index contributed by atoms with van der Waals surface area (Å²) in [5.74, 6) is -2.78. The standard InChI is InChI=1S/C13H17N3O3S.C2HF3O2/c1-20(18,19)16-6-4-13(10-16)8-15(9-13)12(17)11-3-2-5-14-7-11;3-2(4,5)1(6)7/h2-3,5,7H,4,6,8-10H2,1H3;(H,6,7). The van der Waals surface area contributed by atoms with Gasteiger partial charge in [-0.05, 0) is 18.6 Å².